The van der Waals surface area contributed by atoms with Crippen molar-refractivity contribution in [2.45, 2.75) is 76.0 Å². The third kappa shape index (κ3) is 8.50. The summed E-state index contributed by atoms with van der Waals surface area (Å²) in [5.41, 5.74) is 0.953. The molecule has 0 bridgehead atoms. The molecule has 328 valence electrons. The summed E-state index contributed by atoms with van der Waals surface area (Å²) in [4.78, 5) is 74.2. The highest BCUT2D eigenvalue weighted by Gasteiger charge is 2.45. The third-order valence-corrected chi connectivity index (χ3v) is 12.6. The predicted molar refractivity (Wildman–Crippen MR) is 219 cm³/mol. The standard InChI is InChI=1S/C42H49F2N11O7/c43-37(44)36-31(47-39(57)29-22-46-53-16-12-33(48-38(29)53)52-17-20-61-21-18-52)24-54(50-36)26-6-4-25(5-7-26)23-51-14-10-27(11-15-51)62-19-13-45-30-3-1-2-28-35(30)42(60)55(41(28)59)32-8-9-34(56)49-40(32)58/h1-3,12,16,22,24-27,32,37,45H,4-11,13-15,17-21,23H2,(H,47,57)(H,49,56,58). The highest BCUT2D eigenvalue weighted by Crippen LogP contribution is 2.36. The molecule has 20 heteroatoms. The number of rotatable bonds is 13. The second-order valence-electron chi connectivity index (χ2n) is 16.5. The topological polar surface area (TPSA) is 198 Å². The van der Waals surface area contributed by atoms with E-state index in [0.717, 1.165) is 63.1 Å². The second kappa shape index (κ2) is 17.9. The molecule has 0 spiro atoms. The molecule has 0 radical (unpaired) electrons. The number of piperidine rings is 2. The van der Waals surface area contributed by atoms with E-state index in [-0.39, 0.29) is 47.4 Å². The smallest absolute Gasteiger partial charge is 0.284 e. The molecule has 4 fully saturated rings. The lowest BCUT2D eigenvalue weighted by Crippen LogP contribution is -2.54. The number of ether oxygens (including phenoxy) is 2. The van der Waals surface area contributed by atoms with Crippen molar-refractivity contribution in [1.29, 1.82) is 0 Å². The van der Waals surface area contributed by atoms with Crippen LogP contribution >= 0.6 is 0 Å². The van der Waals surface area contributed by atoms with E-state index in [1.165, 1.54) is 16.9 Å². The summed E-state index contributed by atoms with van der Waals surface area (Å²) in [5.74, 6) is -1.60. The first-order valence-electron chi connectivity index (χ1n) is 21.4. The van der Waals surface area contributed by atoms with Gasteiger partial charge in [-0.2, -0.15) is 10.2 Å². The van der Waals surface area contributed by atoms with E-state index < -0.39 is 47.7 Å². The van der Waals surface area contributed by atoms with Crippen molar-refractivity contribution in [1.82, 2.24) is 39.5 Å². The van der Waals surface area contributed by atoms with Crippen molar-refractivity contribution >= 4 is 52.4 Å². The number of carbonyl (C=O) groups is 5. The SMILES string of the molecule is O=C1CCC(N2C(=O)c3cccc(NCCOC4CCN(CC5CCC(n6cc(NC(=O)c7cnn8ccc(N9CCOCC9)nc78)c(C(F)F)n6)CC5)CC4)c3C2=O)C(=O)N1. The Labute approximate surface area is 355 Å². The van der Waals surface area contributed by atoms with Gasteiger partial charge in [-0.1, -0.05) is 6.07 Å². The molecule has 1 aliphatic carbocycles. The Kier molecular flexibility index (Phi) is 11.9. The molecule has 62 heavy (non-hydrogen) atoms. The molecular weight excluding hydrogens is 809 g/mol. The Morgan fingerprint density at radius 2 is 1.74 bits per heavy atom. The van der Waals surface area contributed by atoms with E-state index in [1.807, 2.05) is 6.07 Å². The van der Waals surface area contributed by atoms with Crippen LogP contribution in [0.25, 0.3) is 5.65 Å². The lowest BCUT2D eigenvalue weighted by Gasteiger charge is -2.36. The Balaban J connectivity index is 0.718. The molecule has 1 unspecified atom stereocenters. The van der Waals surface area contributed by atoms with Gasteiger partial charge in [-0.3, -0.25) is 38.9 Å². The van der Waals surface area contributed by atoms with Gasteiger partial charge in [0.2, 0.25) is 11.8 Å². The maximum atomic E-state index is 14.2. The molecule has 9 rings (SSSR count). The van der Waals surface area contributed by atoms with E-state index in [4.69, 9.17) is 9.47 Å². The van der Waals surface area contributed by atoms with E-state index >= 15 is 0 Å². The number of morpholine rings is 1. The number of anilines is 3. The number of nitrogens with zero attached hydrogens (tertiary/aromatic N) is 8. The molecule has 1 atom stereocenters. The van der Waals surface area contributed by atoms with Gasteiger partial charge in [0.15, 0.2) is 11.3 Å². The van der Waals surface area contributed by atoms with Crippen LogP contribution in [0.4, 0.5) is 26.0 Å². The summed E-state index contributed by atoms with van der Waals surface area (Å²) < 4.78 is 43.2. The molecule has 3 saturated heterocycles. The molecule has 18 nitrogen and oxygen atoms in total. The van der Waals surface area contributed by atoms with Crippen LogP contribution in [0, 0.1) is 5.92 Å². The molecule has 1 aromatic carbocycles. The largest absolute Gasteiger partial charge is 0.382 e. The zero-order valence-electron chi connectivity index (χ0n) is 34.1. The Morgan fingerprint density at radius 1 is 0.952 bits per heavy atom. The first-order chi connectivity index (χ1) is 30.1. The quantitative estimate of drug-likeness (QED) is 0.130. The average molecular weight is 858 g/mol. The van der Waals surface area contributed by atoms with Gasteiger partial charge in [0.05, 0.1) is 55.0 Å². The normalized spacial score (nSPS) is 22.7. The van der Waals surface area contributed by atoms with Gasteiger partial charge >= 0.3 is 0 Å². The molecule has 4 aliphatic heterocycles. The number of aromatic nitrogens is 5. The van der Waals surface area contributed by atoms with Gasteiger partial charge in [0.1, 0.15) is 17.4 Å². The minimum atomic E-state index is -2.87. The number of likely N-dealkylation sites (tertiary alicyclic amines) is 1. The van der Waals surface area contributed by atoms with Crippen LogP contribution in [0.5, 0.6) is 0 Å². The number of alkyl halides is 2. The summed E-state index contributed by atoms with van der Waals surface area (Å²) >= 11 is 0. The summed E-state index contributed by atoms with van der Waals surface area (Å²) in [7, 11) is 0. The van der Waals surface area contributed by atoms with Crippen LogP contribution in [0.2, 0.25) is 0 Å². The third-order valence-electron chi connectivity index (χ3n) is 12.6. The zero-order valence-corrected chi connectivity index (χ0v) is 34.1. The maximum absolute atomic E-state index is 14.2. The highest BCUT2D eigenvalue weighted by molar-refractivity contribution is 6.25. The van der Waals surface area contributed by atoms with Crippen molar-refractivity contribution in [2.75, 3.05) is 74.6 Å². The lowest BCUT2D eigenvalue weighted by molar-refractivity contribution is -0.136. The number of halogens is 2. The number of nitrogens with one attached hydrogen (secondary N) is 3. The Hall–Kier alpha value is -5.86. The number of amides is 5. The predicted octanol–water partition coefficient (Wildman–Crippen LogP) is 3.68. The number of benzene rings is 1. The van der Waals surface area contributed by atoms with Crippen LogP contribution in [0.3, 0.4) is 0 Å². The van der Waals surface area contributed by atoms with Gasteiger partial charge in [-0.15, -0.1) is 0 Å². The Bertz CT molecular complexity index is 2350. The minimum absolute atomic E-state index is 0.0230. The number of hydrogen-bond donors (Lipinski definition) is 3. The van der Waals surface area contributed by atoms with Crippen LogP contribution in [0.1, 0.15) is 101 Å². The molecule has 5 aliphatic rings. The molecule has 3 aromatic heterocycles. The van der Waals surface area contributed by atoms with E-state index in [2.05, 4.69) is 40.9 Å². The molecule has 5 amide bonds. The van der Waals surface area contributed by atoms with E-state index in [0.29, 0.717) is 62.5 Å². The summed E-state index contributed by atoms with van der Waals surface area (Å²) in [6.07, 6.45) is 7.19. The zero-order chi connectivity index (χ0) is 42.9. The molecular formula is C42H49F2N11O7. The molecule has 4 aromatic rings. The lowest BCUT2D eigenvalue weighted by atomic mass is 9.85. The van der Waals surface area contributed by atoms with E-state index in [1.54, 1.807) is 29.1 Å². The van der Waals surface area contributed by atoms with E-state index in [9.17, 15) is 32.8 Å². The van der Waals surface area contributed by atoms with Crippen molar-refractivity contribution in [3.05, 3.63) is 65.2 Å². The van der Waals surface area contributed by atoms with Crippen LogP contribution < -0.4 is 20.9 Å². The highest BCUT2D eigenvalue weighted by atomic mass is 19.3. The van der Waals surface area contributed by atoms with Gasteiger partial charge in [0.25, 0.3) is 24.1 Å². The first-order valence-corrected chi connectivity index (χ1v) is 21.4. The number of carbonyl (C=O) groups excluding carboxylic acids is 5. The van der Waals surface area contributed by atoms with Gasteiger partial charge < -0.3 is 29.9 Å². The first kappa shape index (κ1) is 41.5. The number of fused-ring (bicyclic) bond motifs is 2. The van der Waals surface area contributed by atoms with Crippen molar-refractivity contribution in [3.8, 4) is 0 Å². The van der Waals surface area contributed by atoms with Gasteiger partial charge in [-0.25, -0.2) is 18.3 Å². The van der Waals surface area contributed by atoms with Crippen LogP contribution in [0.15, 0.2) is 42.9 Å². The van der Waals surface area contributed by atoms with Gasteiger partial charge in [0, 0.05) is 63.8 Å². The monoisotopic (exact) mass is 857 g/mol. The number of imide groups is 2. The maximum Gasteiger partial charge on any atom is 0.284 e. The molecule has 3 N–H and O–H groups in total. The fourth-order valence-corrected chi connectivity index (χ4v) is 9.32. The van der Waals surface area contributed by atoms with Gasteiger partial charge in [-0.05, 0) is 69.1 Å². The molecule has 1 saturated carbocycles. The van der Waals surface area contributed by atoms with Crippen LogP contribution in [-0.2, 0) is 19.1 Å². The Morgan fingerprint density at radius 3 is 2.50 bits per heavy atom. The fourth-order valence-electron chi connectivity index (χ4n) is 9.32. The fraction of sp³-hybridized carbons (Fsp3) is 0.524. The second-order valence-corrected chi connectivity index (χ2v) is 16.5. The number of hydrogen-bond acceptors (Lipinski definition) is 13. The van der Waals surface area contributed by atoms with Crippen molar-refractivity contribution < 1.29 is 42.2 Å². The summed E-state index contributed by atoms with van der Waals surface area (Å²) in [6, 6.07) is 5.72. The average Bonchev–Trinajstić information content (AvgIpc) is 3.98. The minimum Gasteiger partial charge on any atom is -0.382 e. The van der Waals surface area contributed by atoms with Crippen molar-refractivity contribution in [3.63, 3.8) is 0 Å². The summed E-state index contributed by atoms with van der Waals surface area (Å²) in [5, 5.41) is 16.6. The summed E-state index contributed by atoms with van der Waals surface area (Å²) in [6.45, 7) is 6.05. The molecule has 7 heterocycles. The van der Waals surface area contributed by atoms with Crippen molar-refractivity contribution in [2.24, 2.45) is 5.92 Å². The van der Waals surface area contributed by atoms with Crippen LogP contribution in [-0.4, -0.2) is 135 Å².